The number of carbonyl (C=O) groups excluding carboxylic acids is 6. The van der Waals surface area contributed by atoms with Crippen LogP contribution in [0.15, 0.2) is 60.7 Å². The summed E-state index contributed by atoms with van der Waals surface area (Å²) in [4.78, 5) is 94.0. The van der Waals surface area contributed by atoms with Crippen molar-refractivity contribution in [1.29, 1.82) is 0 Å². The van der Waals surface area contributed by atoms with Gasteiger partial charge in [0.2, 0.25) is 35.4 Å². The van der Waals surface area contributed by atoms with E-state index in [0.717, 1.165) is 0 Å². The summed E-state index contributed by atoms with van der Waals surface area (Å²) in [7, 11) is 0. The Morgan fingerprint density at radius 2 is 0.951 bits per heavy atom. The van der Waals surface area contributed by atoms with Crippen LogP contribution < -0.4 is 49.1 Å². The normalized spacial score (nSPS) is 14.7. The largest absolute Gasteiger partial charge is 0.480 e. The van der Waals surface area contributed by atoms with Crippen molar-refractivity contribution in [2.75, 3.05) is 13.1 Å². The molecule has 0 aromatic heterocycles. The molecule has 17 nitrogen and oxygen atoms in total. The predicted molar refractivity (Wildman–Crippen MR) is 233 cm³/mol. The summed E-state index contributed by atoms with van der Waals surface area (Å²) in [6.45, 7) is 9.35. The van der Waals surface area contributed by atoms with Gasteiger partial charge < -0.3 is 54.2 Å². The zero-order chi connectivity index (χ0) is 45.5. The molecule has 6 amide bonds. The maximum atomic E-state index is 14.1. The third-order valence-corrected chi connectivity index (χ3v) is 10.0. The molecule has 338 valence electrons. The van der Waals surface area contributed by atoms with Gasteiger partial charge in [0.15, 0.2) is 0 Å². The summed E-state index contributed by atoms with van der Waals surface area (Å²) in [5.74, 6) is -5.66. The first kappa shape index (κ1) is 51.8. The fourth-order valence-corrected chi connectivity index (χ4v) is 6.47. The maximum absolute atomic E-state index is 14.1. The van der Waals surface area contributed by atoms with E-state index in [1.165, 1.54) is 6.92 Å². The molecule has 7 unspecified atom stereocenters. The van der Waals surface area contributed by atoms with Crippen LogP contribution in [0.3, 0.4) is 0 Å². The molecule has 17 heteroatoms. The van der Waals surface area contributed by atoms with E-state index >= 15 is 0 Å². The molecule has 0 aliphatic carbocycles. The molecule has 61 heavy (non-hydrogen) atoms. The minimum atomic E-state index is -1.26. The number of amides is 6. The molecule has 13 N–H and O–H groups in total. The molecular formula is C44H69N9O8. The summed E-state index contributed by atoms with van der Waals surface area (Å²) in [5.41, 5.74) is 18.8. The topological polar surface area (TPSA) is 290 Å². The molecule has 2 aromatic rings. The summed E-state index contributed by atoms with van der Waals surface area (Å²) >= 11 is 0. The Balaban J connectivity index is 2.36. The van der Waals surface area contributed by atoms with Gasteiger partial charge in [0.1, 0.15) is 36.3 Å². The highest BCUT2D eigenvalue weighted by Crippen LogP contribution is 2.13. The summed E-state index contributed by atoms with van der Waals surface area (Å²) < 4.78 is 0. The van der Waals surface area contributed by atoms with Crippen LogP contribution in [-0.2, 0) is 46.4 Å². The Morgan fingerprint density at radius 1 is 0.525 bits per heavy atom. The quantitative estimate of drug-likeness (QED) is 0.0534. The standard InChI is InChI=1S/C44H69N9O8/c1-27(2)24-34(50-39(55)33(21-13-15-23-46)49-38(54)32(47)20-12-14-22-45)42(58)53-37(28(3)4)43(59)52-36(26-31-18-10-7-11-19-31)41(57)51-35(25-30-16-8-6-9-17-30)40(56)48-29(5)44(60)61/h6-11,16-19,27-29,32-37H,12-15,20-26,45-47H2,1-5H3,(H,48,56)(H,49,54)(H,50,55)(H,51,57)(H,52,59)(H,53,58)(H,60,61). The fourth-order valence-electron chi connectivity index (χ4n) is 6.47. The zero-order valence-electron chi connectivity index (χ0n) is 36.3. The SMILES string of the molecule is CC(C)CC(NC(=O)C(CCCCN)NC(=O)C(N)CCCCN)C(=O)NC(C(=O)NC(Cc1ccccc1)C(=O)NC(Cc1ccccc1)C(=O)NC(C)C(=O)O)C(C)C. The van der Waals surface area contributed by atoms with Crippen molar-refractivity contribution in [3.63, 3.8) is 0 Å². The second-order valence-electron chi connectivity index (χ2n) is 16.2. The predicted octanol–water partition coefficient (Wildman–Crippen LogP) is 0.773. The second-order valence-corrected chi connectivity index (χ2v) is 16.2. The van der Waals surface area contributed by atoms with Crippen LogP contribution in [0.25, 0.3) is 0 Å². The van der Waals surface area contributed by atoms with Crippen LogP contribution >= 0.6 is 0 Å². The van der Waals surface area contributed by atoms with Crippen LogP contribution in [0.1, 0.15) is 90.7 Å². The third-order valence-electron chi connectivity index (χ3n) is 10.0. The van der Waals surface area contributed by atoms with Crippen LogP contribution in [0.4, 0.5) is 0 Å². The van der Waals surface area contributed by atoms with Gasteiger partial charge in [-0.25, -0.2) is 0 Å². The number of nitrogens with two attached hydrogens (primary N) is 3. The number of nitrogens with one attached hydrogen (secondary N) is 6. The van der Waals surface area contributed by atoms with E-state index in [1.807, 2.05) is 13.8 Å². The molecular weight excluding hydrogens is 783 g/mol. The van der Waals surface area contributed by atoms with Crippen molar-refractivity contribution >= 4 is 41.4 Å². The highest BCUT2D eigenvalue weighted by molar-refractivity contribution is 5.97. The number of hydrogen-bond donors (Lipinski definition) is 10. The molecule has 2 aromatic carbocycles. The lowest BCUT2D eigenvalue weighted by Gasteiger charge is -2.29. The van der Waals surface area contributed by atoms with E-state index in [-0.39, 0.29) is 31.6 Å². The van der Waals surface area contributed by atoms with Gasteiger partial charge in [-0.05, 0) is 81.5 Å². The highest BCUT2D eigenvalue weighted by Gasteiger charge is 2.35. The van der Waals surface area contributed by atoms with Gasteiger partial charge in [-0.1, -0.05) is 94.8 Å². The summed E-state index contributed by atoms with van der Waals surface area (Å²) in [6, 6.07) is 9.97. The Bertz CT molecular complexity index is 1700. The van der Waals surface area contributed by atoms with E-state index in [0.29, 0.717) is 56.3 Å². The van der Waals surface area contributed by atoms with Gasteiger partial charge in [0.25, 0.3) is 0 Å². The van der Waals surface area contributed by atoms with Crippen molar-refractivity contribution in [3.8, 4) is 0 Å². The Hall–Kier alpha value is -5.39. The lowest BCUT2D eigenvalue weighted by Crippen LogP contribution is -2.61. The summed E-state index contributed by atoms with van der Waals surface area (Å²) in [5, 5.41) is 25.7. The van der Waals surface area contributed by atoms with Crippen molar-refractivity contribution in [1.82, 2.24) is 31.9 Å². The first-order valence-electron chi connectivity index (χ1n) is 21.3. The van der Waals surface area contributed by atoms with Gasteiger partial charge in [-0.2, -0.15) is 0 Å². The summed E-state index contributed by atoms with van der Waals surface area (Å²) in [6.07, 6.45) is 3.39. The smallest absolute Gasteiger partial charge is 0.325 e. The lowest BCUT2D eigenvalue weighted by molar-refractivity contribution is -0.141. The van der Waals surface area contributed by atoms with Crippen LogP contribution in [0.5, 0.6) is 0 Å². The number of hydrogen-bond acceptors (Lipinski definition) is 10. The molecule has 0 heterocycles. The number of rotatable bonds is 28. The third kappa shape index (κ3) is 19.3. The van der Waals surface area contributed by atoms with Gasteiger partial charge in [-0.3, -0.25) is 33.6 Å². The average Bonchev–Trinajstić information content (AvgIpc) is 3.21. The Labute approximate surface area is 359 Å². The monoisotopic (exact) mass is 852 g/mol. The molecule has 0 fully saturated rings. The van der Waals surface area contributed by atoms with Crippen molar-refractivity contribution in [3.05, 3.63) is 71.8 Å². The molecule has 0 saturated carbocycles. The number of carbonyl (C=O) groups is 7. The van der Waals surface area contributed by atoms with Gasteiger partial charge >= 0.3 is 5.97 Å². The Kier molecular flexibility index (Phi) is 23.3. The minimum Gasteiger partial charge on any atom is -0.480 e. The van der Waals surface area contributed by atoms with E-state index in [1.54, 1.807) is 74.5 Å². The van der Waals surface area contributed by atoms with E-state index in [2.05, 4.69) is 31.9 Å². The number of aliphatic carboxylic acids is 1. The zero-order valence-corrected chi connectivity index (χ0v) is 36.3. The van der Waals surface area contributed by atoms with Crippen LogP contribution in [-0.4, -0.2) is 102 Å². The molecule has 0 aliphatic rings. The van der Waals surface area contributed by atoms with Crippen LogP contribution in [0.2, 0.25) is 0 Å². The second kappa shape index (κ2) is 27.5. The molecule has 0 spiro atoms. The van der Waals surface area contributed by atoms with Crippen molar-refractivity contribution in [2.45, 2.75) is 135 Å². The fraction of sp³-hybridized carbons (Fsp3) is 0.568. The highest BCUT2D eigenvalue weighted by atomic mass is 16.4. The maximum Gasteiger partial charge on any atom is 0.325 e. The van der Waals surface area contributed by atoms with Crippen molar-refractivity contribution < 1.29 is 38.7 Å². The average molecular weight is 852 g/mol. The first-order valence-corrected chi connectivity index (χ1v) is 21.3. The van der Waals surface area contributed by atoms with E-state index in [9.17, 15) is 38.7 Å². The van der Waals surface area contributed by atoms with Crippen LogP contribution in [0, 0.1) is 11.8 Å². The van der Waals surface area contributed by atoms with Gasteiger partial charge in [0.05, 0.1) is 6.04 Å². The van der Waals surface area contributed by atoms with Gasteiger partial charge in [-0.15, -0.1) is 0 Å². The molecule has 7 atom stereocenters. The number of carboxylic acids is 1. The number of carboxylic acid groups (broad SMARTS) is 1. The molecule has 2 rings (SSSR count). The number of benzene rings is 2. The van der Waals surface area contributed by atoms with Crippen molar-refractivity contribution in [2.24, 2.45) is 29.0 Å². The molecule has 0 bridgehead atoms. The molecule has 0 radical (unpaired) electrons. The van der Waals surface area contributed by atoms with E-state index < -0.39 is 89.6 Å². The van der Waals surface area contributed by atoms with E-state index in [4.69, 9.17) is 17.2 Å². The Morgan fingerprint density at radius 3 is 1.43 bits per heavy atom. The lowest BCUT2D eigenvalue weighted by atomic mass is 9.98. The number of unbranched alkanes of at least 4 members (excludes halogenated alkanes) is 2. The molecule has 0 aliphatic heterocycles. The first-order chi connectivity index (χ1) is 29.0. The van der Waals surface area contributed by atoms with Gasteiger partial charge in [0, 0.05) is 12.8 Å². The minimum absolute atomic E-state index is 0.0162. The molecule has 0 saturated heterocycles.